The number of hydrogen-bond acceptors (Lipinski definition) is 5. The molecule has 1 atom stereocenters. The van der Waals surface area contributed by atoms with Crippen LogP contribution in [0.5, 0.6) is 0 Å². The van der Waals surface area contributed by atoms with E-state index in [4.69, 9.17) is 5.73 Å². The predicted molar refractivity (Wildman–Crippen MR) is 60.1 cm³/mol. The minimum atomic E-state index is -0.475. The summed E-state index contributed by atoms with van der Waals surface area (Å²) in [4.78, 5) is 11.5. The lowest BCUT2D eigenvalue weighted by Crippen LogP contribution is -2.19. The molecule has 0 radical (unpaired) electrons. The molecule has 0 saturated heterocycles. The van der Waals surface area contributed by atoms with E-state index in [-0.39, 0.29) is 11.4 Å². The van der Waals surface area contributed by atoms with Gasteiger partial charge < -0.3 is 15.8 Å². The molecule has 2 rings (SSSR count). The van der Waals surface area contributed by atoms with Crippen LogP contribution in [0.3, 0.4) is 0 Å². The van der Waals surface area contributed by atoms with Crippen molar-refractivity contribution in [1.82, 2.24) is 10.2 Å². The normalized spacial score (nSPS) is 16.9. The monoisotopic (exact) mass is 224 g/mol. The van der Waals surface area contributed by atoms with E-state index in [1.165, 1.54) is 20.0 Å². The van der Waals surface area contributed by atoms with Crippen LogP contribution < -0.4 is 11.1 Å². The second-order valence-electron chi connectivity index (χ2n) is 4.12. The van der Waals surface area contributed by atoms with Crippen molar-refractivity contribution in [1.29, 1.82) is 0 Å². The highest BCUT2D eigenvalue weighted by molar-refractivity contribution is 5.99. The van der Waals surface area contributed by atoms with Gasteiger partial charge in [-0.3, -0.25) is 5.10 Å². The van der Waals surface area contributed by atoms with Crippen molar-refractivity contribution in [2.45, 2.75) is 25.8 Å². The van der Waals surface area contributed by atoms with Crippen LogP contribution in [0, 0.1) is 5.92 Å². The summed E-state index contributed by atoms with van der Waals surface area (Å²) in [5.74, 6) is 0.904. The molecule has 1 saturated carbocycles. The lowest BCUT2D eigenvalue weighted by atomic mass is 10.2. The Morgan fingerprint density at radius 2 is 2.38 bits per heavy atom. The van der Waals surface area contributed by atoms with Gasteiger partial charge in [-0.2, -0.15) is 5.10 Å². The van der Waals surface area contributed by atoms with Crippen LogP contribution in [0.15, 0.2) is 0 Å². The Morgan fingerprint density at radius 1 is 1.69 bits per heavy atom. The molecule has 6 heteroatoms. The van der Waals surface area contributed by atoms with Gasteiger partial charge in [-0.1, -0.05) is 0 Å². The first kappa shape index (κ1) is 10.8. The van der Waals surface area contributed by atoms with Gasteiger partial charge in [-0.05, 0) is 25.7 Å². The molecule has 1 fully saturated rings. The summed E-state index contributed by atoms with van der Waals surface area (Å²) in [6.07, 6.45) is 2.45. The van der Waals surface area contributed by atoms with Crippen LogP contribution in [0.2, 0.25) is 0 Å². The number of rotatable bonds is 4. The predicted octanol–water partition coefficient (Wildman–Crippen LogP) is 0.989. The van der Waals surface area contributed by atoms with E-state index in [2.05, 4.69) is 27.2 Å². The number of aromatic nitrogens is 2. The number of ether oxygens (including phenoxy) is 1. The SMILES string of the molecule is COC(=O)c1c(NC(C)C2CC2)n[nH]c1N. The van der Waals surface area contributed by atoms with Gasteiger partial charge in [0.05, 0.1) is 7.11 Å². The van der Waals surface area contributed by atoms with Crippen molar-refractivity contribution in [2.75, 3.05) is 18.2 Å². The lowest BCUT2D eigenvalue weighted by Gasteiger charge is -2.12. The standard InChI is InChI=1S/C10H16N4O2/c1-5(6-3-4-6)12-9-7(10(15)16-2)8(11)13-14-9/h5-6H,3-4H2,1-2H3,(H4,11,12,13,14). The zero-order valence-corrected chi connectivity index (χ0v) is 9.41. The van der Waals surface area contributed by atoms with E-state index in [1.807, 2.05) is 0 Å². The van der Waals surface area contributed by atoms with Gasteiger partial charge in [0.15, 0.2) is 5.82 Å². The maximum atomic E-state index is 11.5. The zero-order chi connectivity index (χ0) is 11.7. The van der Waals surface area contributed by atoms with Crippen LogP contribution in [0.4, 0.5) is 11.6 Å². The zero-order valence-electron chi connectivity index (χ0n) is 9.41. The first-order valence-corrected chi connectivity index (χ1v) is 5.32. The van der Waals surface area contributed by atoms with Crippen LogP contribution in [-0.4, -0.2) is 29.3 Å². The highest BCUT2D eigenvalue weighted by atomic mass is 16.5. The van der Waals surface area contributed by atoms with Crippen molar-refractivity contribution >= 4 is 17.6 Å². The number of carbonyl (C=O) groups is 1. The number of nitrogens with zero attached hydrogens (tertiary/aromatic N) is 1. The molecule has 16 heavy (non-hydrogen) atoms. The smallest absolute Gasteiger partial charge is 0.345 e. The molecule has 1 heterocycles. The lowest BCUT2D eigenvalue weighted by molar-refractivity contribution is 0.0603. The third-order valence-electron chi connectivity index (χ3n) is 2.88. The Morgan fingerprint density at radius 3 is 2.94 bits per heavy atom. The molecule has 1 unspecified atom stereocenters. The topological polar surface area (TPSA) is 93.0 Å². The van der Waals surface area contributed by atoms with Crippen LogP contribution in [0.25, 0.3) is 0 Å². The number of methoxy groups -OCH3 is 1. The Bertz CT molecular complexity index is 398. The van der Waals surface area contributed by atoms with Crippen LogP contribution >= 0.6 is 0 Å². The molecule has 1 aliphatic rings. The largest absolute Gasteiger partial charge is 0.465 e. The van der Waals surface area contributed by atoms with Crippen molar-refractivity contribution in [2.24, 2.45) is 5.92 Å². The maximum absolute atomic E-state index is 11.5. The average molecular weight is 224 g/mol. The number of anilines is 2. The first-order chi connectivity index (χ1) is 7.63. The number of H-pyrrole nitrogens is 1. The highest BCUT2D eigenvalue weighted by Gasteiger charge is 2.30. The Labute approximate surface area is 93.5 Å². The molecule has 6 nitrogen and oxygen atoms in total. The van der Waals surface area contributed by atoms with E-state index < -0.39 is 5.97 Å². The quantitative estimate of drug-likeness (QED) is 0.663. The summed E-state index contributed by atoms with van der Waals surface area (Å²) in [6, 6.07) is 0.297. The van der Waals surface area contributed by atoms with Crippen molar-refractivity contribution in [3.8, 4) is 0 Å². The van der Waals surface area contributed by atoms with E-state index in [0.717, 1.165) is 0 Å². The average Bonchev–Trinajstić information content (AvgIpc) is 3.04. The number of nitrogens with one attached hydrogen (secondary N) is 2. The molecular formula is C10H16N4O2. The number of nitrogens with two attached hydrogens (primary N) is 1. The van der Waals surface area contributed by atoms with Gasteiger partial charge in [0, 0.05) is 6.04 Å². The fraction of sp³-hybridized carbons (Fsp3) is 0.600. The fourth-order valence-corrected chi connectivity index (χ4v) is 1.70. The van der Waals surface area contributed by atoms with Gasteiger partial charge in [-0.25, -0.2) is 4.79 Å². The van der Waals surface area contributed by atoms with Gasteiger partial charge in [0.1, 0.15) is 11.4 Å². The van der Waals surface area contributed by atoms with Crippen molar-refractivity contribution in [3.05, 3.63) is 5.56 Å². The van der Waals surface area contributed by atoms with Gasteiger partial charge in [0.2, 0.25) is 0 Å². The molecule has 0 aliphatic heterocycles. The van der Waals surface area contributed by atoms with Gasteiger partial charge in [-0.15, -0.1) is 0 Å². The fourth-order valence-electron chi connectivity index (χ4n) is 1.70. The summed E-state index contributed by atoms with van der Waals surface area (Å²) in [5.41, 5.74) is 5.91. The summed E-state index contributed by atoms with van der Waals surface area (Å²) >= 11 is 0. The summed E-state index contributed by atoms with van der Waals surface area (Å²) in [7, 11) is 1.32. The Kier molecular flexibility index (Phi) is 2.72. The van der Waals surface area contributed by atoms with E-state index in [9.17, 15) is 4.79 Å². The van der Waals surface area contributed by atoms with Gasteiger partial charge >= 0.3 is 5.97 Å². The Hall–Kier alpha value is -1.72. The second kappa shape index (κ2) is 4.03. The number of carbonyl (C=O) groups excluding carboxylic acids is 1. The van der Waals surface area contributed by atoms with Gasteiger partial charge in [0.25, 0.3) is 0 Å². The van der Waals surface area contributed by atoms with Crippen molar-refractivity contribution in [3.63, 3.8) is 0 Å². The minimum Gasteiger partial charge on any atom is -0.465 e. The van der Waals surface area contributed by atoms with Crippen LogP contribution in [-0.2, 0) is 4.74 Å². The molecule has 0 amide bonds. The molecular weight excluding hydrogens is 208 g/mol. The highest BCUT2D eigenvalue weighted by Crippen LogP contribution is 2.34. The molecule has 1 aromatic heterocycles. The summed E-state index contributed by atoms with van der Waals surface area (Å²) in [5, 5.41) is 9.74. The Balaban J connectivity index is 2.16. The summed E-state index contributed by atoms with van der Waals surface area (Å²) in [6.45, 7) is 2.07. The van der Waals surface area contributed by atoms with E-state index in [1.54, 1.807) is 0 Å². The van der Waals surface area contributed by atoms with E-state index >= 15 is 0 Å². The molecule has 0 bridgehead atoms. The molecule has 4 N–H and O–H groups in total. The number of nitrogen functional groups attached to an aromatic ring is 1. The maximum Gasteiger partial charge on any atom is 0.345 e. The van der Waals surface area contributed by atoms with E-state index in [0.29, 0.717) is 17.8 Å². The molecule has 0 spiro atoms. The third-order valence-corrected chi connectivity index (χ3v) is 2.88. The molecule has 1 aromatic rings. The number of hydrogen-bond donors (Lipinski definition) is 3. The second-order valence-corrected chi connectivity index (χ2v) is 4.12. The summed E-state index contributed by atoms with van der Waals surface area (Å²) < 4.78 is 4.65. The molecule has 88 valence electrons. The minimum absolute atomic E-state index is 0.234. The number of esters is 1. The molecule has 1 aliphatic carbocycles. The number of aromatic amines is 1. The van der Waals surface area contributed by atoms with Crippen molar-refractivity contribution < 1.29 is 9.53 Å². The molecule has 0 aromatic carbocycles. The van der Waals surface area contributed by atoms with Crippen LogP contribution in [0.1, 0.15) is 30.1 Å². The third kappa shape index (κ3) is 1.95. The first-order valence-electron chi connectivity index (χ1n) is 5.32.